The van der Waals surface area contributed by atoms with Crippen molar-refractivity contribution >= 4 is 29.1 Å². The highest BCUT2D eigenvalue weighted by Gasteiger charge is 2.43. The fourth-order valence-electron chi connectivity index (χ4n) is 3.99. The molecule has 2 saturated heterocycles. The predicted molar refractivity (Wildman–Crippen MR) is 93.7 cm³/mol. The number of aromatic hydroxyl groups is 1. The molecule has 1 aromatic rings. The van der Waals surface area contributed by atoms with Gasteiger partial charge in [0.25, 0.3) is 0 Å². The van der Waals surface area contributed by atoms with Gasteiger partial charge in [-0.25, -0.2) is 0 Å². The molecule has 2 aliphatic heterocycles. The molecule has 1 unspecified atom stereocenters. The minimum Gasteiger partial charge on any atom is -0.508 e. The van der Waals surface area contributed by atoms with Gasteiger partial charge in [0.2, 0.25) is 5.91 Å². The zero-order valence-electron chi connectivity index (χ0n) is 13.6. The van der Waals surface area contributed by atoms with Crippen LogP contribution in [-0.2, 0) is 4.79 Å². The first-order chi connectivity index (χ1) is 11.4. The predicted octanol–water partition coefficient (Wildman–Crippen LogP) is 2.47. The number of carbonyl (C=O) groups excluding carboxylic acids is 1. The van der Waals surface area contributed by atoms with Crippen LogP contribution in [0.1, 0.15) is 30.7 Å². The highest BCUT2D eigenvalue weighted by atomic mass is 35.5. The van der Waals surface area contributed by atoms with Crippen LogP contribution >= 0.6 is 23.2 Å². The molecule has 5 nitrogen and oxygen atoms in total. The highest BCUT2D eigenvalue weighted by Crippen LogP contribution is 2.45. The number of likely N-dealkylation sites (N-methyl/N-ethyl adjacent to an activating group) is 1. The number of carbonyl (C=O) groups is 1. The van der Waals surface area contributed by atoms with E-state index in [1.165, 1.54) is 0 Å². The molecule has 132 valence electrons. The van der Waals surface area contributed by atoms with Crippen LogP contribution in [-0.4, -0.2) is 64.7 Å². The van der Waals surface area contributed by atoms with Crippen molar-refractivity contribution in [2.75, 3.05) is 26.7 Å². The van der Waals surface area contributed by atoms with E-state index in [1.807, 2.05) is 16.8 Å². The summed E-state index contributed by atoms with van der Waals surface area (Å²) in [5.41, 5.74) is 0.645. The summed E-state index contributed by atoms with van der Waals surface area (Å²) in [7, 11) is 1.94. The molecule has 0 saturated carbocycles. The number of amides is 1. The lowest BCUT2D eigenvalue weighted by molar-refractivity contribution is -0.137. The molecule has 2 aliphatic rings. The lowest BCUT2D eigenvalue weighted by Crippen LogP contribution is -2.49. The zero-order valence-corrected chi connectivity index (χ0v) is 15.1. The second kappa shape index (κ2) is 7.08. The van der Waals surface area contributed by atoms with Crippen LogP contribution in [0, 0.1) is 0 Å². The largest absolute Gasteiger partial charge is 0.508 e. The van der Waals surface area contributed by atoms with E-state index in [2.05, 4.69) is 0 Å². The van der Waals surface area contributed by atoms with Gasteiger partial charge in [0, 0.05) is 43.1 Å². The van der Waals surface area contributed by atoms with Crippen LogP contribution in [0.25, 0.3) is 0 Å². The molecule has 2 fully saturated rings. The summed E-state index contributed by atoms with van der Waals surface area (Å²) >= 11 is 12.4. The van der Waals surface area contributed by atoms with E-state index in [0.717, 1.165) is 12.8 Å². The molecular formula is C17H22Cl2N2O3. The Kier molecular flexibility index (Phi) is 5.25. The number of rotatable bonds is 4. The number of hydrogen-bond donors (Lipinski definition) is 2. The Hall–Kier alpha value is -1.01. The minimum absolute atomic E-state index is 0.00736. The first kappa shape index (κ1) is 17.8. The Morgan fingerprint density at radius 2 is 2.08 bits per heavy atom. The van der Waals surface area contributed by atoms with Crippen molar-refractivity contribution in [3.8, 4) is 5.75 Å². The van der Waals surface area contributed by atoms with E-state index in [-0.39, 0.29) is 36.3 Å². The fraction of sp³-hybridized carbons (Fsp3) is 0.588. The number of phenolic OH excluding ortho intramolecular Hbond substituents is 1. The molecule has 0 spiro atoms. The van der Waals surface area contributed by atoms with Crippen molar-refractivity contribution in [3.05, 3.63) is 27.7 Å². The molecule has 1 amide bonds. The normalized spacial score (nSPS) is 27.0. The molecule has 0 aromatic heterocycles. The fourth-order valence-corrected chi connectivity index (χ4v) is 4.47. The standard InChI is InChI=1S/C17H22Cl2N2O3/c1-20(4-5-22)11-7-12-6-10(9-21(12)15(24)8-11)16-14(23)3-2-13(18)17(16)19/h2-3,10-12,22-23H,4-9H2,1H3/t10-,11?,12-/m0/s1. The first-order valence-corrected chi connectivity index (χ1v) is 8.95. The second-order valence-corrected chi connectivity index (χ2v) is 7.51. The van der Waals surface area contributed by atoms with Crippen LogP contribution in [0.2, 0.25) is 10.0 Å². The van der Waals surface area contributed by atoms with Crippen molar-refractivity contribution in [1.29, 1.82) is 0 Å². The summed E-state index contributed by atoms with van der Waals surface area (Å²) in [6.45, 7) is 1.22. The van der Waals surface area contributed by atoms with Gasteiger partial charge < -0.3 is 20.0 Å². The molecule has 0 bridgehead atoms. The Labute approximate surface area is 151 Å². The van der Waals surface area contributed by atoms with Crippen molar-refractivity contribution in [3.63, 3.8) is 0 Å². The number of benzene rings is 1. The first-order valence-electron chi connectivity index (χ1n) is 8.19. The summed E-state index contributed by atoms with van der Waals surface area (Å²) in [5.74, 6) is 0.254. The molecule has 7 heteroatoms. The molecular weight excluding hydrogens is 351 g/mol. The summed E-state index contributed by atoms with van der Waals surface area (Å²) in [4.78, 5) is 16.5. The van der Waals surface area contributed by atoms with Gasteiger partial charge in [0.05, 0.1) is 16.7 Å². The molecule has 3 atom stereocenters. The van der Waals surface area contributed by atoms with Gasteiger partial charge in [-0.3, -0.25) is 4.79 Å². The Morgan fingerprint density at radius 3 is 2.79 bits per heavy atom. The Balaban J connectivity index is 1.80. The minimum atomic E-state index is -0.00736. The number of aliphatic hydroxyl groups excluding tert-OH is 1. The van der Waals surface area contributed by atoms with E-state index in [9.17, 15) is 9.90 Å². The monoisotopic (exact) mass is 372 g/mol. The summed E-state index contributed by atoms with van der Waals surface area (Å²) in [6.07, 6.45) is 2.11. The topological polar surface area (TPSA) is 64.0 Å². The van der Waals surface area contributed by atoms with Gasteiger partial charge in [-0.1, -0.05) is 23.2 Å². The van der Waals surface area contributed by atoms with E-state index in [4.69, 9.17) is 28.3 Å². The SMILES string of the molecule is CN(CCO)C1CC(=O)N2C[C@@H](c3c(O)ccc(Cl)c3Cl)C[C@H]2C1. The third-order valence-corrected chi connectivity index (χ3v) is 6.10. The van der Waals surface area contributed by atoms with Crippen molar-refractivity contribution in [2.24, 2.45) is 0 Å². The van der Waals surface area contributed by atoms with E-state index < -0.39 is 0 Å². The zero-order chi connectivity index (χ0) is 17.4. The van der Waals surface area contributed by atoms with Gasteiger partial charge in [-0.05, 0) is 32.0 Å². The van der Waals surface area contributed by atoms with Crippen LogP contribution in [0.3, 0.4) is 0 Å². The molecule has 0 radical (unpaired) electrons. The number of nitrogens with zero attached hydrogens (tertiary/aromatic N) is 2. The third kappa shape index (κ3) is 3.23. The summed E-state index contributed by atoms with van der Waals surface area (Å²) in [5, 5.41) is 20.1. The quantitative estimate of drug-likeness (QED) is 0.851. The maximum Gasteiger partial charge on any atom is 0.224 e. The van der Waals surface area contributed by atoms with Gasteiger partial charge in [0.1, 0.15) is 5.75 Å². The number of fused-ring (bicyclic) bond motifs is 1. The van der Waals surface area contributed by atoms with Crippen molar-refractivity contribution < 1.29 is 15.0 Å². The van der Waals surface area contributed by atoms with E-state index in [0.29, 0.717) is 35.1 Å². The van der Waals surface area contributed by atoms with Crippen LogP contribution in [0.15, 0.2) is 12.1 Å². The van der Waals surface area contributed by atoms with Gasteiger partial charge in [0.15, 0.2) is 0 Å². The molecule has 2 heterocycles. The number of piperidine rings is 1. The smallest absolute Gasteiger partial charge is 0.224 e. The molecule has 24 heavy (non-hydrogen) atoms. The van der Waals surface area contributed by atoms with Crippen LogP contribution in [0.5, 0.6) is 5.75 Å². The average molecular weight is 373 g/mol. The average Bonchev–Trinajstić information content (AvgIpc) is 2.96. The van der Waals surface area contributed by atoms with Gasteiger partial charge in [-0.2, -0.15) is 0 Å². The van der Waals surface area contributed by atoms with E-state index in [1.54, 1.807) is 12.1 Å². The second-order valence-electron chi connectivity index (χ2n) is 6.72. The number of halogens is 2. The number of hydrogen-bond acceptors (Lipinski definition) is 4. The lowest BCUT2D eigenvalue weighted by atomic mass is 9.91. The summed E-state index contributed by atoms with van der Waals surface area (Å²) < 4.78 is 0. The lowest BCUT2D eigenvalue weighted by Gasteiger charge is -2.38. The molecule has 3 rings (SSSR count). The van der Waals surface area contributed by atoms with Crippen LogP contribution < -0.4 is 0 Å². The summed E-state index contributed by atoms with van der Waals surface area (Å²) in [6, 6.07) is 3.42. The van der Waals surface area contributed by atoms with Crippen molar-refractivity contribution in [1.82, 2.24) is 9.80 Å². The Morgan fingerprint density at radius 1 is 1.33 bits per heavy atom. The van der Waals surface area contributed by atoms with Crippen molar-refractivity contribution in [2.45, 2.75) is 37.3 Å². The highest BCUT2D eigenvalue weighted by molar-refractivity contribution is 6.42. The maximum atomic E-state index is 12.5. The maximum absolute atomic E-state index is 12.5. The molecule has 1 aromatic carbocycles. The van der Waals surface area contributed by atoms with Gasteiger partial charge in [-0.15, -0.1) is 0 Å². The van der Waals surface area contributed by atoms with Crippen LogP contribution in [0.4, 0.5) is 0 Å². The Bertz CT molecular complexity index is 641. The molecule has 0 aliphatic carbocycles. The molecule has 2 N–H and O–H groups in total. The number of phenols is 1. The number of aliphatic hydroxyl groups is 1. The van der Waals surface area contributed by atoms with E-state index >= 15 is 0 Å². The van der Waals surface area contributed by atoms with Gasteiger partial charge >= 0.3 is 0 Å². The third-order valence-electron chi connectivity index (χ3n) is 5.28.